The van der Waals surface area contributed by atoms with E-state index in [1.54, 1.807) is 14.2 Å². The molecule has 1 aromatic rings. The fourth-order valence-electron chi connectivity index (χ4n) is 4.21. The molecule has 0 bridgehead atoms. The van der Waals surface area contributed by atoms with Gasteiger partial charge < -0.3 is 19.1 Å². The summed E-state index contributed by atoms with van der Waals surface area (Å²) in [5.41, 5.74) is 0.0652. The summed E-state index contributed by atoms with van der Waals surface area (Å²) in [7, 11) is 3.49. The maximum absolute atomic E-state index is 12.7. The lowest BCUT2D eigenvalue weighted by molar-refractivity contribution is -0.0938. The van der Waals surface area contributed by atoms with Gasteiger partial charge >= 0.3 is 6.09 Å². The van der Waals surface area contributed by atoms with E-state index in [-0.39, 0.29) is 12.0 Å². The summed E-state index contributed by atoms with van der Waals surface area (Å²) in [4.78, 5) is 14.5. The number of methoxy groups -OCH3 is 2. The molecule has 1 fully saturated rings. The highest BCUT2D eigenvalue weighted by Gasteiger charge is 2.43. The quantitative estimate of drug-likeness (QED) is 0.505. The average molecular weight is 426 g/mol. The van der Waals surface area contributed by atoms with Crippen LogP contribution in [0.3, 0.4) is 0 Å². The molecule has 1 aromatic carbocycles. The zero-order valence-corrected chi connectivity index (χ0v) is 19.3. The lowest BCUT2D eigenvalue weighted by atomic mass is 9.74. The van der Waals surface area contributed by atoms with E-state index in [1.807, 2.05) is 43.9 Å². The number of nitrogens with zero attached hydrogens (tertiary/aromatic N) is 1. The minimum atomic E-state index is -0.504. The molecule has 2 atom stereocenters. The van der Waals surface area contributed by atoms with Gasteiger partial charge in [-0.1, -0.05) is 23.7 Å². The van der Waals surface area contributed by atoms with Gasteiger partial charge in [0.15, 0.2) is 0 Å². The fraction of sp³-hybridized carbons (Fsp3) is 0.696. The summed E-state index contributed by atoms with van der Waals surface area (Å²) < 4.78 is 17.1. The molecule has 2 rings (SSSR count). The highest BCUT2D eigenvalue weighted by molar-refractivity contribution is 6.30. The van der Waals surface area contributed by atoms with Crippen molar-refractivity contribution in [1.29, 1.82) is 0 Å². The van der Waals surface area contributed by atoms with Crippen molar-refractivity contribution < 1.29 is 19.0 Å². The zero-order valence-electron chi connectivity index (χ0n) is 18.5. The second-order valence-corrected chi connectivity index (χ2v) is 9.26. The van der Waals surface area contributed by atoms with Gasteiger partial charge in [0.25, 0.3) is 0 Å². The molecule has 0 aliphatic carbocycles. The van der Waals surface area contributed by atoms with Crippen LogP contribution < -0.4 is 0 Å². The Bertz CT molecular complexity index is 661. The van der Waals surface area contributed by atoms with Gasteiger partial charge in [-0.25, -0.2) is 4.79 Å². The number of ether oxygens (including phenoxy) is 3. The van der Waals surface area contributed by atoms with Gasteiger partial charge in [0.05, 0.1) is 5.60 Å². The Labute approximate surface area is 180 Å². The number of hydrogen-bond donors (Lipinski definition) is 0. The first-order valence-corrected chi connectivity index (χ1v) is 10.9. The van der Waals surface area contributed by atoms with E-state index in [0.29, 0.717) is 18.1 Å². The molecular formula is C23H36ClNO4. The van der Waals surface area contributed by atoms with Crippen LogP contribution in [0.1, 0.15) is 58.4 Å². The Hall–Kier alpha value is -1.30. The lowest BCUT2D eigenvalue weighted by Crippen LogP contribution is -2.50. The summed E-state index contributed by atoms with van der Waals surface area (Å²) in [6.45, 7) is 7.74. The van der Waals surface area contributed by atoms with Crippen LogP contribution in [0.25, 0.3) is 0 Å². The standard InChI is InChI=1S/C23H36ClNO4/c1-22(2,3)29-21(26)25-14-9-11-19(17-25)23(28-5,13-6-7-15-27-4)18-10-8-12-20(24)16-18/h8,10,12,16,19H,6-7,9,11,13-15,17H2,1-5H3/t19?,23-/m1/s1. The van der Waals surface area contributed by atoms with E-state index in [4.69, 9.17) is 25.8 Å². The summed E-state index contributed by atoms with van der Waals surface area (Å²) in [6, 6.07) is 7.92. The molecule has 1 aliphatic rings. The first-order valence-electron chi connectivity index (χ1n) is 10.5. The minimum absolute atomic E-state index is 0.162. The van der Waals surface area contributed by atoms with E-state index in [0.717, 1.165) is 44.3 Å². The van der Waals surface area contributed by atoms with Gasteiger partial charge in [-0.2, -0.15) is 0 Å². The Kier molecular flexibility index (Phi) is 8.80. The predicted molar refractivity (Wildman–Crippen MR) is 116 cm³/mol. The molecular weight excluding hydrogens is 390 g/mol. The first-order chi connectivity index (χ1) is 13.7. The summed E-state index contributed by atoms with van der Waals surface area (Å²) >= 11 is 6.32. The number of amides is 1. The number of halogens is 1. The van der Waals surface area contributed by atoms with Crippen molar-refractivity contribution >= 4 is 17.7 Å². The lowest BCUT2D eigenvalue weighted by Gasteiger charge is -2.45. The van der Waals surface area contributed by atoms with Gasteiger partial charge in [-0.05, 0) is 70.6 Å². The monoisotopic (exact) mass is 425 g/mol. The average Bonchev–Trinajstić information content (AvgIpc) is 2.67. The van der Waals surface area contributed by atoms with Crippen molar-refractivity contribution in [2.24, 2.45) is 5.92 Å². The second kappa shape index (κ2) is 10.6. The Balaban J connectivity index is 2.27. The molecule has 1 saturated heterocycles. The highest BCUT2D eigenvalue weighted by Crippen LogP contribution is 2.43. The topological polar surface area (TPSA) is 48.0 Å². The zero-order chi connectivity index (χ0) is 21.5. The van der Waals surface area contributed by atoms with E-state index in [9.17, 15) is 4.79 Å². The van der Waals surface area contributed by atoms with Crippen molar-refractivity contribution in [2.45, 2.75) is 64.1 Å². The Morgan fingerprint density at radius 3 is 2.62 bits per heavy atom. The molecule has 1 unspecified atom stereocenters. The molecule has 0 spiro atoms. The van der Waals surface area contributed by atoms with Gasteiger partial charge in [0.2, 0.25) is 0 Å². The molecule has 6 heteroatoms. The van der Waals surface area contributed by atoms with E-state index < -0.39 is 11.2 Å². The number of carbonyl (C=O) groups is 1. The molecule has 5 nitrogen and oxygen atoms in total. The SMILES string of the molecule is COCCCC[C@@](OC)(c1cccc(Cl)c1)C1CCCN(C(=O)OC(C)(C)C)C1. The smallest absolute Gasteiger partial charge is 0.410 e. The van der Waals surface area contributed by atoms with Gasteiger partial charge in [0, 0.05) is 44.9 Å². The third kappa shape index (κ3) is 6.59. The van der Waals surface area contributed by atoms with Crippen LogP contribution in [0.2, 0.25) is 5.02 Å². The number of likely N-dealkylation sites (tertiary alicyclic amines) is 1. The van der Waals surface area contributed by atoms with E-state index >= 15 is 0 Å². The van der Waals surface area contributed by atoms with Crippen molar-refractivity contribution in [2.75, 3.05) is 33.9 Å². The van der Waals surface area contributed by atoms with Crippen LogP contribution in [0.15, 0.2) is 24.3 Å². The third-order valence-corrected chi connectivity index (χ3v) is 5.79. The highest BCUT2D eigenvalue weighted by atomic mass is 35.5. The summed E-state index contributed by atoms with van der Waals surface area (Å²) in [5.74, 6) is 0.162. The number of rotatable bonds is 8. The summed E-state index contributed by atoms with van der Waals surface area (Å²) in [5, 5.41) is 0.695. The molecule has 0 radical (unpaired) electrons. The normalized spacial score (nSPS) is 19.7. The number of carbonyl (C=O) groups excluding carboxylic acids is 1. The van der Waals surface area contributed by atoms with Crippen LogP contribution in [0.4, 0.5) is 4.79 Å². The molecule has 1 amide bonds. The Morgan fingerprint density at radius 1 is 1.24 bits per heavy atom. The molecule has 0 saturated carbocycles. The van der Waals surface area contributed by atoms with Crippen molar-refractivity contribution in [3.05, 3.63) is 34.9 Å². The van der Waals surface area contributed by atoms with Crippen LogP contribution in [-0.2, 0) is 19.8 Å². The molecule has 0 aromatic heterocycles. The van der Waals surface area contributed by atoms with Gasteiger partial charge in [0.1, 0.15) is 5.60 Å². The second-order valence-electron chi connectivity index (χ2n) is 8.82. The number of unbranched alkanes of at least 4 members (excludes halogenated alkanes) is 1. The number of benzene rings is 1. The molecule has 164 valence electrons. The van der Waals surface area contributed by atoms with Crippen LogP contribution in [0, 0.1) is 5.92 Å². The minimum Gasteiger partial charge on any atom is -0.444 e. The first kappa shape index (κ1) is 24.0. The van der Waals surface area contributed by atoms with Gasteiger partial charge in [-0.3, -0.25) is 0 Å². The largest absolute Gasteiger partial charge is 0.444 e. The van der Waals surface area contributed by atoms with Gasteiger partial charge in [-0.15, -0.1) is 0 Å². The molecule has 0 N–H and O–H groups in total. The number of piperidine rings is 1. The van der Waals surface area contributed by atoms with Crippen molar-refractivity contribution in [1.82, 2.24) is 4.90 Å². The maximum atomic E-state index is 12.7. The van der Waals surface area contributed by atoms with Crippen molar-refractivity contribution in [3.8, 4) is 0 Å². The van der Waals surface area contributed by atoms with Crippen LogP contribution in [0.5, 0.6) is 0 Å². The molecule has 1 aliphatic heterocycles. The van der Waals surface area contributed by atoms with Crippen LogP contribution in [-0.4, -0.2) is 50.5 Å². The molecule has 29 heavy (non-hydrogen) atoms. The molecule has 1 heterocycles. The fourth-order valence-corrected chi connectivity index (χ4v) is 4.40. The Morgan fingerprint density at radius 2 is 2.00 bits per heavy atom. The predicted octanol–water partition coefficient (Wildman–Crippen LogP) is 5.65. The van der Waals surface area contributed by atoms with E-state index in [1.165, 1.54) is 0 Å². The van der Waals surface area contributed by atoms with E-state index in [2.05, 4.69) is 6.07 Å². The maximum Gasteiger partial charge on any atom is 0.410 e. The van der Waals surface area contributed by atoms with Crippen LogP contribution >= 0.6 is 11.6 Å². The van der Waals surface area contributed by atoms with Crippen molar-refractivity contribution in [3.63, 3.8) is 0 Å². The summed E-state index contributed by atoms with van der Waals surface area (Å²) in [6.07, 6.45) is 4.44. The third-order valence-electron chi connectivity index (χ3n) is 5.56. The number of hydrogen-bond acceptors (Lipinski definition) is 4.